The number of rotatable bonds is 4. The van der Waals surface area contributed by atoms with Crippen LogP contribution in [0.3, 0.4) is 0 Å². The third kappa shape index (κ3) is 3.00. The summed E-state index contributed by atoms with van der Waals surface area (Å²) in [5.41, 5.74) is 5.63. The molecule has 1 aromatic carbocycles. The van der Waals surface area contributed by atoms with Crippen molar-refractivity contribution in [3.63, 3.8) is 0 Å². The van der Waals surface area contributed by atoms with Crippen molar-refractivity contribution in [2.24, 2.45) is 11.7 Å². The Labute approximate surface area is 120 Å². The van der Waals surface area contributed by atoms with E-state index >= 15 is 0 Å². The van der Waals surface area contributed by atoms with Crippen molar-refractivity contribution in [3.05, 3.63) is 33.9 Å². The molecule has 0 aromatic heterocycles. The molecule has 8 heteroatoms. The molecule has 1 atom stereocenters. The minimum absolute atomic E-state index is 0.0124. The van der Waals surface area contributed by atoms with Gasteiger partial charge in [-0.3, -0.25) is 14.9 Å². The number of nitrogens with two attached hydrogens (primary N) is 1. The van der Waals surface area contributed by atoms with Crippen molar-refractivity contribution in [1.82, 2.24) is 0 Å². The molecule has 1 fully saturated rings. The Bertz CT molecular complexity index is 601. The second kappa shape index (κ2) is 5.88. The van der Waals surface area contributed by atoms with E-state index in [-0.39, 0.29) is 23.1 Å². The Kier molecular flexibility index (Phi) is 4.18. The number of ether oxygens (including phenoxy) is 1. The fraction of sp³-hybridized carbons (Fsp3) is 0.385. The van der Waals surface area contributed by atoms with Gasteiger partial charge in [0.1, 0.15) is 0 Å². The molecule has 1 heterocycles. The number of hydrogen-bond donors (Lipinski definition) is 1. The first-order chi connectivity index (χ1) is 9.96. The Balaban J connectivity index is 2.43. The van der Waals surface area contributed by atoms with Gasteiger partial charge in [-0.2, -0.15) is 0 Å². The van der Waals surface area contributed by atoms with Gasteiger partial charge >= 0.3 is 5.97 Å². The van der Waals surface area contributed by atoms with E-state index in [1.165, 1.54) is 24.1 Å². The molecule has 0 radical (unpaired) electrons. The number of carbonyl (C=O) groups excluding carboxylic acids is 2. The van der Waals surface area contributed by atoms with Crippen LogP contribution in [0.2, 0.25) is 0 Å². The van der Waals surface area contributed by atoms with Gasteiger partial charge in [0.25, 0.3) is 5.69 Å². The van der Waals surface area contributed by atoms with Crippen LogP contribution in [0.15, 0.2) is 18.2 Å². The summed E-state index contributed by atoms with van der Waals surface area (Å²) >= 11 is 0. The summed E-state index contributed by atoms with van der Waals surface area (Å²) in [5, 5.41) is 11.0. The number of amides is 1. The highest BCUT2D eigenvalue weighted by Crippen LogP contribution is 2.29. The molecule has 0 aliphatic carbocycles. The van der Waals surface area contributed by atoms with E-state index in [0.717, 1.165) is 6.07 Å². The molecular weight excluding hydrogens is 278 g/mol. The molecule has 0 saturated carbocycles. The molecule has 1 aliphatic heterocycles. The predicted octanol–water partition coefficient (Wildman–Crippen LogP) is 0.693. The van der Waals surface area contributed by atoms with Gasteiger partial charge in [-0.1, -0.05) is 0 Å². The zero-order valence-electron chi connectivity index (χ0n) is 11.4. The number of nitrogens with zero attached hydrogens (tertiary/aromatic N) is 2. The van der Waals surface area contributed by atoms with Crippen LogP contribution in [0, 0.1) is 16.0 Å². The van der Waals surface area contributed by atoms with Gasteiger partial charge in [0.05, 0.1) is 23.3 Å². The number of methoxy groups -OCH3 is 1. The molecule has 1 unspecified atom stereocenters. The lowest BCUT2D eigenvalue weighted by molar-refractivity contribution is -0.384. The summed E-state index contributed by atoms with van der Waals surface area (Å²) in [4.78, 5) is 35.3. The second-order valence-corrected chi connectivity index (χ2v) is 4.80. The van der Waals surface area contributed by atoms with Crippen LogP contribution in [0.4, 0.5) is 11.4 Å². The molecule has 112 valence electrons. The molecule has 1 saturated heterocycles. The first-order valence-electron chi connectivity index (χ1n) is 6.34. The molecule has 2 rings (SSSR count). The molecule has 1 aliphatic rings. The molecular formula is C13H15N3O5. The average Bonchev–Trinajstić information content (AvgIpc) is 2.87. The maximum absolute atomic E-state index is 12.0. The third-order valence-electron chi connectivity index (χ3n) is 3.38. The number of esters is 1. The molecule has 0 spiro atoms. The van der Waals surface area contributed by atoms with Gasteiger partial charge in [0.2, 0.25) is 5.91 Å². The maximum Gasteiger partial charge on any atom is 0.338 e. The van der Waals surface area contributed by atoms with E-state index in [9.17, 15) is 19.7 Å². The van der Waals surface area contributed by atoms with Crippen LogP contribution in [-0.2, 0) is 9.53 Å². The zero-order valence-corrected chi connectivity index (χ0v) is 11.4. The number of anilines is 1. The zero-order chi connectivity index (χ0) is 15.6. The SMILES string of the molecule is COC(=O)c1cc(N2CC(CN)CC2=O)cc([N+](=O)[O-])c1. The molecule has 21 heavy (non-hydrogen) atoms. The van der Waals surface area contributed by atoms with Gasteiger partial charge in [0.15, 0.2) is 0 Å². The minimum Gasteiger partial charge on any atom is -0.465 e. The average molecular weight is 293 g/mol. The van der Waals surface area contributed by atoms with Crippen LogP contribution in [0.1, 0.15) is 16.8 Å². The highest BCUT2D eigenvalue weighted by Gasteiger charge is 2.31. The maximum atomic E-state index is 12.0. The van der Waals surface area contributed by atoms with Crippen molar-refractivity contribution in [2.45, 2.75) is 6.42 Å². The summed E-state index contributed by atoms with van der Waals surface area (Å²) < 4.78 is 4.57. The van der Waals surface area contributed by atoms with E-state index < -0.39 is 10.9 Å². The summed E-state index contributed by atoms with van der Waals surface area (Å²) in [6, 6.07) is 3.80. The summed E-state index contributed by atoms with van der Waals surface area (Å²) in [6.07, 6.45) is 0.298. The molecule has 1 aromatic rings. The van der Waals surface area contributed by atoms with Crippen molar-refractivity contribution in [1.29, 1.82) is 0 Å². The fourth-order valence-corrected chi connectivity index (χ4v) is 2.28. The highest BCUT2D eigenvalue weighted by atomic mass is 16.6. The van der Waals surface area contributed by atoms with Gasteiger partial charge in [0, 0.05) is 25.1 Å². The summed E-state index contributed by atoms with van der Waals surface area (Å²) in [6.45, 7) is 0.748. The van der Waals surface area contributed by atoms with Crippen molar-refractivity contribution in [3.8, 4) is 0 Å². The van der Waals surface area contributed by atoms with Crippen LogP contribution in [0.5, 0.6) is 0 Å². The smallest absolute Gasteiger partial charge is 0.338 e. The first-order valence-corrected chi connectivity index (χ1v) is 6.34. The van der Waals surface area contributed by atoms with E-state index in [4.69, 9.17) is 5.73 Å². The van der Waals surface area contributed by atoms with Gasteiger partial charge in [-0.15, -0.1) is 0 Å². The van der Waals surface area contributed by atoms with Crippen molar-refractivity contribution in [2.75, 3.05) is 25.1 Å². The minimum atomic E-state index is -0.693. The quantitative estimate of drug-likeness (QED) is 0.496. The van der Waals surface area contributed by atoms with Crippen molar-refractivity contribution < 1.29 is 19.2 Å². The highest BCUT2D eigenvalue weighted by molar-refractivity contribution is 5.98. The van der Waals surface area contributed by atoms with E-state index in [2.05, 4.69) is 4.74 Å². The van der Waals surface area contributed by atoms with Crippen LogP contribution in [-0.4, -0.2) is 37.0 Å². The molecule has 0 bridgehead atoms. The Hall–Kier alpha value is -2.48. The Morgan fingerprint density at radius 1 is 1.52 bits per heavy atom. The van der Waals surface area contributed by atoms with Crippen LogP contribution >= 0.6 is 0 Å². The van der Waals surface area contributed by atoms with Gasteiger partial charge in [-0.25, -0.2) is 4.79 Å². The molecule has 1 amide bonds. The topological polar surface area (TPSA) is 116 Å². The predicted molar refractivity (Wildman–Crippen MR) is 74.0 cm³/mol. The fourth-order valence-electron chi connectivity index (χ4n) is 2.28. The van der Waals surface area contributed by atoms with Crippen LogP contribution in [0.25, 0.3) is 0 Å². The van der Waals surface area contributed by atoms with E-state index in [1.807, 2.05) is 0 Å². The Morgan fingerprint density at radius 3 is 2.76 bits per heavy atom. The largest absolute Gasteiger partial charge is 0.465 e. The lowest BCUT2D eigenvalue weighted by Gasteiger charge is -2.17. The number of carbonyl (C=O) groups is 2. The summed E-state index contributed by atoms with van der Waals surface area (Å²) in [5.74, 6) is -0.845. The number of non-ortho nitro benzene ring substituents is 1. The summed E-state index contributed by atoms with van der Waals surface area (Å²) in [7, 11) is 1.19. The lowest BCUT2D eigenvalue weighted by Crippen LogP contribution is -2.26. The van der Waals surface area contributed by atoms with E-state index in [0.29, 0.717) is 25.2 Å². The number of benzene rings is 1. The van der Waals surface area contributed by atoms with Gasteiger partial charge in [-0.05, 0) is 18.5 Å². The normalized spacial score (nSPS) is 17.9. The van der Waals surface area contributed by atoms with Crippen molar-refractivity contribution >= 4 is 23.3 Å². The monoisotopic (exact) mass is 293 g/mol. The van der Waals surface area contributed by atoms with Gasteiger partial charge < -0.3 is 15.4 Å². The number of hydrogen-bond acceptors (Lipinski definition) is 6. The molecule has 2 N–H and O–H groups in total. The number of nitro benzene ring substituents is 1. The first kappa shape index (κ1) is 14.9. The Morgan fingerprint density at radius 2 is 2.24 bits per heavy atom. The third-order valence-corrected chi connectivity index (χ3v) is 3.38. The lowest BCUT2D eigenvalue weighted by atomic mass is 10.1. The van der Waals surface area contributed by atoms with E-state index in [1.54, 1.807) is 0 Å². The van der Waals surface area contributed by atoms with Crippen LogP contribution < -0.4 is 10.6 Å². The second-order valence-electron chi connectivity index (χ2n) is 4.80. The standard InChI is InChI=1S/C13H15N3O5/c1-21-13(18)9-3-10(5-11(4-9)16(19)20)15-7-8(6-14)2-12(15)17/h3-5,8H,2,6-7,14H2,1H3. The molecule has 8 nitrogen and oxygen atoms in total. The number of nitro groups is 1.